The van der Waals surface area contributed by atoms with Crippen molar-refractivity contribution in [3.8, 4) is 0 Å². The van der Waals surface area contributed by atoms with Crippen molar-refractivity contribution in [2.75, 3.05) is 38.1 Å². The molecule has 2 unspecified atom stereocenters. The molecular formula is C14H19ClN4O2. The summed E-state index contributed by atoms with van der Waals surface area (Å²) in [5, 5.41) is 11.1. The van der Waals surface area contributed by atoms with Gasteiger partial charge in [-0.1, -0.05) is 25.4 Å². The average molecular weight is 311 g/mol. The number of nitro groups is 1. The quantitative estimate of drug-likeness (QED) is 0.620. The van der Waals surface area contributed by atoms with Crippen LogP contribution >= 0.6 is 11.6 Å². The Morgan fingerprint density at radius 1 is 1.29 bits per heavy atom. The number of likely N-dealkylation sites (tertiary alicyclic amines) is 1. The van der Waals surface area contributed by atoms with Gasteiger partial charge in [-0.25, -0.2) is 4.98 Å². The molecule has 1 aromatic heterocycles. The number of rotatable bonds is 2. The maximum Gasteiger partial charge on any atom is 0.289 e. The van der Waals surface area contributed by atoms with E-state index in [0.29, 0.717) is 10.8 Å². The van der Waals surface area contributed by atoms with Gasteiger partial charge >= 0.3 is 0 Å². The highest BCUT2D eigenvalue weighted by Gasteiger charge is 2.57. The van der Waals surface area contributed by atoms with Gasteiger partial charge in [-0.2, -0.15) is 0 Å². The molecule has 0 radical (unpaired) electrons. The van der Waals surface area contributed by atoms with Gasteiger partial charge < -0.3 is 9.80 Å². The summed E-state index contributed by atoms with van der Waals surface area (Å²) in [6, 6.07) is 1.38. The number of aromatic nitrogens is 1. The summed E-state index contributed by atoms with van der Waals surface area (Å²) in [6.45, 7) is 8.44. The van der Waals surface area contributed by atoms with Crippen molar-refractivity contribution in [3.63, 3.8) is 0 Å². The zero-order chi connectivity index (χ0) is 15.4. The van der Waals surface area contributed by atoms with Crippen LogP contribution < -0.4 is 4.90 Å². The van der Waals surface area contributed by atoms with Crippen LogP contribution in [0.15, 0.2) is 12.3 Å². The summed E-state index contributed by atoms with van der Waals surface area (Å²) in [7, 11) is 2.15. The fourth-order valence-electron chi connectivity index (χ4n) is 3.91. The van der Waals surface area contributed by atoms with Crippen molar-refractivity contribution in [2.24, 2.45) is 10.8 Å². The molecule has 0 saturated carbocycles. The standard InChI is InChI=1S/C14H19ClN4O2/c1-13-6-17(3)7-14(13,2)9-18(8-13)12-11(15)4-10(5-16-12)19(20)21/h4-5H,6-9H2,1-3H3. The summed E-state index contributed by atoms with van der Waals surface area (Å²) in [4.78, 5) is 19.1. The van der Waals surface area contributed by atoms with Crippen molar-refractivity contribution < 1.29 is 4.92 Å². The van der Waals surface area contributed by atoms with E-state index in [1.165, 1.54) is 12.3 Å². The number of pyridine rings is 1. The first kappa shape index (κ1) is 14.5. The molecule has 0 N–H and O–H groups in total. The van der Waals surface area contributed by atoms with Crippen LogP contribution in [-0.4, -0.2) is 48.0 Å². The molecule has 0 aliphatic carbocycles. The van der Waals surface area contributed by atoms with Crippen LogP contribution in [0.1, 0.15) is 13.8 Å². The first-order chi connectivity index (χ1) is 9.74. The van der Waals surface area contributed by atoms with Gasteiger partial charge in [0.25, 0.3) is 5.69 Å². The van der Waals surface area contributed by atoms with Gasteiger partial charge in [0.15, 0.2) is 0 Å². The summed E-state index contributed by atoms with van der Waals surface area (Å²) in [5.41, 5.74) is 0.309. The largest absolute Gasteiger partial charge is 0.354 e. The predicted molar refractivity (Wildman–Crippen MR) is 81.8 cm³/mol. The Morgan fingerprint density at radius 3 is 2.33 bits per heavy atom. The number of hydrogen-bond acceptors (Lipinski definition) is 5. The van der Waals surface area contributed by atoms with Gasteiger partial charge in [-0.3, -0.25) is 10.1 Å². The van der Waals surface area contributed by atoms with Gasteiger partial charge in [-0.05, 0) is 7.05 Å². The highest BCUT2D eigenvalue weighted by molar-refractivity contribution is 6.33. The molecular weight excluding hydrogens is 292 g/mol. The molecule has 114 valence electrons. The molecule has 0 amide bonds. The summed E-state index contributed by atoms with van der Waals surface area (Å²) < 4.78 is 0. The second kappa shape index (κ2) is 4.55. The first-order valence-corrected chi connectivity index (χ1v) is 7.35. The third-order valence-corrected chi connectivity index (χ3v) is 5.37. The minimum Gasteiger partial charge on any atom is -0.354 e. The highest BCUT2D eigenvalue weighted by Crippen LogP contribution is 2.52. The van der Waals surface area contributed by atoms with Crippen molar-refractivity contribution >= 4 is 23.1 Å². The number of nitrogens with zero attached hydrogens (tertiary/aromatic N) is 4. The minimum absolute atomic E-state index is 0.0692. The van der Waals surface area contributed by atoms with Crippen LogP contribution in [0.4, 0.5) is 11.5 Å². The Kier molecular flexibility index (Phi) is 3.15. The van der Waals surface area contributed by atoms with E-state index in [-0.39, 0.29) is 16.5 Å². The maximum atomic E-state index is 10.8. The summed E-state index contributed by atoms with van der Waals surface area (Å²) in [6.07, 6.45) is 1.28. The summed E-state index contributed by atoms with van der Waals surface area (Å²) in [5.74, 6) is 0.654. The van der Waals surface area contributed by atoms with Gasteiger partial charge in [0.1, 0.15) is 12.0 Å². The molecule has 2 saturated heterocycles. The minimum atomic E-state index is -0.473. The first-order valence-electron chi connectivity index (χ1n) is 6.98. The predicted octanol–water partition coefficient (Wildman–Crippen LogP) is 2.42. The molecule has 0 bridgehead atoms. The van der Waals surface area contributed by atoms with Gasteiger partial charge in [-0.15, -0.1) is 0 Å². The van der Waals surface area contributed by atoms with Crippen molar-refractivity contribution in [2.45, 2.75) is 13.8 Å². The van der Waals surface area contributed by atoms with E-state index in [1.54, 1.807) is 0 Å². The fraction of sp³-hybridized carbons (Fsp3) is 0.643. The Labute approximate surface area is 128 Å². The molecule has 2 atom stereocenters. The van der Waals surface area contributed by atoms with Crippen LogP contribution in [0, 0.1) is 20.9 Å². The molecule has 21 heavy (non-hydrogen) atoms. The number of fused-ring (bicyclic) bond motifs is 1. The van der Waals surface area contributed by atoms with E-state index < -0.39 is 4.92 Å². The molecule has 7 heteroatoms. The molecule has 2 fully saturated rings. The molecule has 2 aliphatic rings. The van der Waals surface area contributed by atoms with Gasteiger partial charge in [0.2, 0.25) is 0 Å². The van der Waals surface area contributed by atoms with E-state index >= 15 is 0 Å². The van der Waals surface area contributed by atoms with E-state index in [2.05, 4.69) is 35.7 Å². The van der Waals surface area contributed by atoms with E-state index in [1.807, 2.05) is 0 Å². The molecule has 1 aromatic rings. The molecule has 3 heterocycles. The normalized spacial score (nSPS) is 32.5. The topological polar surface area (TPSA) is 62.5 Å². The van der Waals surface area contributed by atoms with E-state index in [9.17, 15) is 10.1 Å². The highest BCUT2D eigenvalue weighted by atomic mass is 35.5. The number of hydrogen-bond donors (Lipinski definition) is 0. The lowest BCUT2D eigenvalue weighted by atomic mass is 9.71. The number of halogens is 1. The lowest BCUT2D eigenvalue weighted by Gasteiger charge is -2.30. The Hall–Kier alpha value is -1.40. The SMILES string of the molecule is CN1CC2(C)CN(c3ncc([N+](=O)[O-])cc3Cl)CC2(C)C1. The zero-order valence-corrected chi connectivity index (χ0v) is 13.2. The smallest absolute Gasteiger partial charge is 0.289 e. The third-order valence-electron chi connectivity index (χ3n) is 5.09. The van der Waals surface area contributed by atoms with E-state index in [4.69, 9.17) is 11.6 Å². The monoisotopic (exact) mass is 310 g/mol. The van der Waals surface area contributed by atoms with Gasteiger partial charge in [0, 0.05) is 43.1 Å². The van der Waals surface area contributed by atoms with Gasteiger partial charge in [0.05, 0.1) is 9.95 Å². The summed E-state index contributed by atoms with van der Waals surface area (Å²) >= 11 is 6.21. The van der Waals surface area contributed by atoms with Crippen LogP contribution in [-0.2, 0) is 0 Å². The zero-order valence-electron chi connectivity index (χ0n) is 12.5. The van der Waals surface area contributed by atoms with Crippen molar-refractivity contribution in [1.29, 1.82) is 0 Å². The maximum absolute atomic E-state index is 10.8. The average Bonchev–Trinajstić information content (AvgIpc) is 2.71. The Bertz CT molecular complexity index is 591. The third kappa shape index (κ3) is 2.17. The van der Waals surface area contributed by atoms with Crippen LogP contribution in [0.5, 0.6) is 0 Å². The number of anilines is 1. The Balaban J connectivity index is 1.89. The second-order valence-corrected chi connectivity index (χ2v) is 7.31. The fourth-order valence-corrected chi connectivity index (χ4v) is 4.19. The molecule has 0 aromatic carbocycles. The Morgan fingerprint density at radius 2 is 1.86 bits per heavy atom. The lowest BCUT2D eigenvalue weighted by Crippen LogP contribution is -2.34. The van der Waals surface area contributed by atoms with Crippen LogP contribution in [0.25, 0.3) is 0 Å². The molecule has 0 spiro atoms. The van der Waals surface area contributed by atoms with Crippen LogP contribution in [0.2, 0.25) is 5.02 Å². The van der Waals surface area contributed by atoms with Crippen molar-refractivity contribution in [3.05, 3.63) is 27.4 Å². The second-order valence-electron chi connectivity index (χ2n) is 6.91. The van der Waals surface area contributed by atoms with E-state index in [0.717, 1.165) is 26.2 Å². The molecule has 2 aliphatic heterocycles. The lowest BCUT2D eigenvalue weighted by molar-refractivity contribution is -0.385. The molecule has 6 nitrogen and oxygen atoms in total. The van der Waals surface area contributed by atoms with Crippen molar-refractivity contribution in [1.82, 2.24) is 9.88 Å². The molecule has 3 rings (SSSR count). The van der Waals surface area contributed by atoms with Crippen LogP contribution in [0.3, 0.4) is 0 Å².